The predicted octanol–water partition coefficient (Wildman–Crippen LogP) is 5.37. The van der Waals surface area contributed by atoms with Crippen LogP contribution in [-0.2, 0) is 4.79 Å². The summed E-state index contributed by atoms with van der Waals surface area (Å²) in [4.78, 5) is 12.2. The van der Waals surface area contributed by atoms with Crippen LogP contribution in [-0.4, -0.2) is 26.8 Å². The maximum atomic E-state index is 12.2. The van der Waals surface area contributed by atoms with Gasteiger partial charge in [0, 0.05) is 0 Å². The van der Waals surface area contributed by atoms with Crippen LogP contribution >= 0.6 is 0 Å². The van der Waals surface area contributed by atoms with Crippen molar-refractivity contribution in [1.29, 1.82) is 5.26 Å². The second kappa shape index (κ2) is 10.9. The van der Waals surface area contributed by atoms with Gasteiger partial charge in [-0.05, 0) is 78.6 Å². The van der Waals surface area contributed by atoms with E-state index in [-0.39, 0.29) is 6.61 Å². The Bertz CT molecular complexity index is 1210. The highest BCUT2D eigenvalue weighted by Gasteiger charge is 2.10. The standard InChI is InChI=1S/C27H25NO5/c1-18-5-6-19(2)25(13-18)32-17-27(29)33-23-10-7-20(8-11-23)14-22(16-28)21-9-12-24(30-3)26(15-21)31-4/h5-15H,17H2,1-4H3/b22-14-. The van der Waals surface area contributed by atoms with E-state index in [2.05, 4.69) is 6.07 Å². The molecule has 3 aromatic rings. The van der Waals surface area contributed by atoms with Crippen LogP contribution in [0.4, 0.5) is 0 Å². The lowest BCUT2D eigenvalue weighted by molar-refractivity contribution is -0.136. The first-order chi connectivity index (χ1) is 15.9. The van der Waals surface area contributed by atoms with E-state index >= 15 is 0 Å². The molecule has 3 aromatic carbocycles. The monoisotopic (exact) mass is 443 g/mol. The molecule has 6 nitrogen and oxygen atoms in total. The van der Waals surface area contributed by atoms with Gasteiger partial charge in [0.2, 0.25) is 0 Å². The second-order valence-electron chi connectivity index (χ2n) is 7.34. The van der Waals surface area contributed by atoms with E-state index < -0.39 is 5.97 Å². The summed E-state index contributed by atoms with van der Waals surface area (Å²) in [6, 6.07) is 20.2. The smallest absolute Gasteiger partial charge is 0.349 e. The third kappa shape index (κ3) is 6.14. The summed E-state index contributed by atoms with van der Waals surface area (Å²) in [6.07, 6.45) is 1.75. The predicted molar refractivity (Wildman–Crippen MR) is 127 cm³/mol. The first-order valence-corrected chi connectivity index (χ1v) is 10.3. The van der Waals surface area contributed by atoms with Crippen molar-refractivity contribution in [2.24, 2.45) is 0 Å². The van der Waals surface area contributed by atoms with E-state index in [0.29, 0.717) is 34.1 Å². The van der Waals surface area contributed by atoms with Gasteiger partial charge < -0.3 is 18.9 Å². The molecule has 0 heterocycles. The number of nitrogens with zero attached hydrogens (tertiary/aromatic N) is 1. The molecule has 0 saturated carbocycles. The van der Waals surface area contributed by atoms with Gasteiger partial charge in [-0.25, -0.2) is 4.79 Å². The molecule has 0 aliphatic rings. The molecule has 0 aromatic heterocycles. The number of carbonyl (C=O) groups is 1. The molecule has 168 valence electrons. The van der Waals surface area contributed by atoms with Crippen molar-refractivity contribution < 1.29 is 23.7 Å². The zero-order valence-corrected chi connectivity index (χ0v) is 19.0. The van der Waals surface area contributed by atoms with Crippen molar-refractivity contribution in [1.82, 2.24) is 0 Å². The topological polar surface area (TPSA) is 77.8 Å². The van der Waals surface area contributed by atoms with Crippen LogP contribution in [0.3, 0.4) is 0 Å². The first-order valence-electron chi connectivity index (χ1n) is 10.3. The van der Waals surface area contributed by atoms with Crippen LogP contribution in [0.15, 0.2) is 60.7 Å². The van der Waals surface area contributed by atoms with Gasteiger partial charge in [-0.2, -0.15) is 5.26 Å². The van der Waals surface area contributed by atoms with Crippen molar-refractivity contribution in [3.63, 3.8) is 0 Å². The van der Waals surface area contributed by atoms with Crippen molar-refractivity contribution in [3.05, 3.63) is 82.9 Å². The fraction of sp³-hybridized carbons (Fsp3) is 0.185. The van der Waals surface area contributed by atoms with Gasteiger partial charge in [0.1, 0.15) is 11.5 Å². The van der Waals surface area contributed by atoms with Gasteiger partial charge in [-0.3, -0.25) is 0 Å². The summed E-state index contributed by atoms with van der Waals surface area (Å²) < 4.78 is 21.5. The van der Waals surface area contributed by atoms with Gasteiger partial charge in [0.05, 0.1) is 25.9 Å². The van der Waals surface area contributed by atoms with Gasteiger partial charge in [0.25, 0.3) is 0 Å². The lowest BCUT2D eigenvalue weighted by Crippen LogP contribution is -2.18. The van der Waals surface area contributed by atoms with Gasteiger partial charge in [0.15, 0.2) is 18.1 Å². The van der Waals surface area contributed by atoms with Crippen molar-refractivity contribution in [2.75, 3.05) is 20.8 Å². The number of methoxy groups -OCH3 is 2. The zero-order chi connectivity index (χ0) is 23.8. The average Bonchev–Trinajstić information content (AvgIpc) is 2.83. The molecular weight excluding hydrogens is 418 g/mol. The summed E-state index contributed by atoms with van der Waals surface area (Å²) in [5.74, 6) is 1.69. The minimum Gasteiger partial charge on any atom is -0.493 e. The molecule has 0 aliphatic heterocycles. The second-order valence-corrected chi connectivity index (χ2v) is 7.34. The van der Waals surface area contributed by atoms with E-state index in [1.807, 2.05) is 32.0 Å². The Labute approximate surface area is 193 Å². The Kier molecular flexibility index (Phi) is 7.72. The summed E-state index contributed by atoms with van der Waals surface area (Å²) in [5, 5.41) is 9.62. The molecule has 6 heteroatoms. The fourth-order valence-corrected chi connectivity index (χ4v) is 3.14. The SMILES string of the molecule is COc1ccc(/C(C#N)=C\c2ccc(OC(=O)COc3cc(C)ccc3C)cc2)cc1OC. The van der Waals surface area contributed by atoms with Crippen LogP contribution < -0.4 is 18.9 Å². The molecule has 0 amide bonds. The molecule has 0 fully saturated rings. The maximum absolute atomic E-state index is 12.2. The molecule has 0 unspecified atom stereocenters. The van der Waals surface area contributed by atoms with Crippen LogP contribution in [0, 0.1) is 25.2 Å². The van der Waals surface area contributed by atoms with Crippen molar-refractivity contribution in [3.8, 4) is 29.1 Å². The van der Waals surface area contributed by atoms with Crippen molar-refractivity contribution >= 4 is 17.6 Å². The molecule has 3 rings (SSSR count). The number of hydrogen-bond acceptors (Lipinski definition) is 6. The van der Waals surface area contributed by atoms with Gasteiger partial charge in [-0.1, -0.05) is 24.3 Å². The number of ether oxygens (including phenoxy) is 4. The highest BCUT2D eigenvalue weighted by Crippen LogP contribution is 2.31. The number of nitriles is 1. The minimum absolute atomic E-state index is 0.191. The molecule has 0 radical (unpaired) electrons. The average molecular weight is 443 g/mol. The lowest BCUT2D eigenvalue weighted by atomic mass is 10.0. The summed E-state index contributed by atoms with van der Waals surface area (Å²) in [5.41, 5.74) is 3.95. The number of allylic oxidation sites excluding steroid dienone is 1. The molecule has 0 spiro atoms. The maximum Gasteiger partial charge on any atom is 0.349 e. The van der Waals surface area contributed by atoms with Gasteiger partial charge in [-0.15, -0.1) is 0 Å². The van der Waals surface area contributed by atoms with Crippen LogP contribution in [0.1, 0.15) is 22.3 Å². The first kappa shape index (κ1) is 23.4. The number of esters is 1. The third-order valence-electron chi connectivity index (χ3n) is 4.93. The Morgan fingerprint density at radius 2 is 1.64 bits per heavy atom. The van der Waals surface area contributed by atoms with E-state index in [4.69, 9.17) is 18.9 Å². The Morgan fingerprint density at radius 3 is 2.30 bits per heavy atom. The fourth-order valence-electron chi connectivity index (χ4n) is 3.14. The zero-order valence-electron chi connectivity index (χ0n) is 19.0. The Balaban J connectivity index is 1.66. The van der Waals surface area contributed by atoms with E-state index in [1.165, 1.54) is 0 Å². The lowest BCUT2D eigenvalue weighted by Gasteiger charge is -2.10. The molecule has 0 atom stereocenters. The van der Waals surface area contributed by atoms with Crippen LogP contribution in [0.2, 0.25) is 0 Å². The largest absolute Gasteiger partial charge is 0.493 e. The summed E-state index contributed by atoms with van der Waals surface area (Å²) >= 11 is 0. The minimum atomic E-state index is -0.498. The number of rotatable bonds is 8. The quantitative estimate of drug-likeness (QED) is 0.202. The molecule has 0 N–H and O–H groups in total. The highest BCUT2D eigenvalue weighted by atomic mass is 16.6. The molecule has 33 heavy (non-hydrogen) atoms. The summed E-state index contributed by atoms with van der Waals surface area (Å²) in [6.45, 7) is 3.69. The summed E-state index contributed by atoms with van der Waals surface area (Å²) in [7, 11) is 3.10. The third-order valence-corrected chi connectivity index (χ3v) is 4.93. The highest BCUT2D eigenvalue weighted by molar-refractivity contribution is 5.90. The van der Waals surface area contributed by atoms with Gasteiger partial charge >= 0.3 is 5.97 Å². The number of hydrogen-bond donors (Lipinski definition) is 0. The van der Waals surface area contributed by atoms with E-state index in [1.54, 1.807) is 62.8 Å². The molecule has 0 bridgehead atoms. The van der Waals surface area contributed by atoms with E-state index in [0.717, 1.165) is 16.7 Å². The van der Waals surface area contributed by atoms with E-state index in [9.17, 15) is 10.1 Å². The van der Waals surface area contributed by atoms with Crippen molar-refractivity contribution in [2.45, 2.75) is 13.8 Å². The Hall–Kier alpha value is -4.24. The number of aryl methyl sites for hydroxylation is 2. The van der Waals surface area contributed by atoms with Crippen LogP contribution in [0.5, 0.6) is 23.0 Å². The molecular formula is C27H25NO5. The normalized spacial score (nSPS) is 10.8. The molecule has 0 saturated heterocycles. The molecule has 0 aliphatic carbocycles. The van der Waals surface area contributed by atoms with Crippen LogP contribution in [0.25, 0.3) is 11.6 Å². The number of carbonyl (C=O) groups excluding carboxylic acids is 1. The number of benzene rings is 3. The Morgan fingerprint density at radius 1 is 0.909 bits per heavy atom.